The number of aliphatic hydroxyl groups excluding tert-OH is 1. The van der Waals surface area contributed by atoms with Gasteiger partial charge in [0.25, 0.3) is 0 Å². The van der Waals surface area contributed by atoms with E-state index >= 15 is 0 Å². The van der Waals surface area contributed by atoms with Crippen molar-refractivity contribution in [3.8, 4) is 5.75 Å². The maximum atomic E-state index is 9.35. The molecule has 0 heterocycles. The summed E-state index contributed by atoms with van der Waals surface area (Å²) in [6, 6.07) is 8.71. The summed E-state index contributed by atoms with van der Waals surface area (Å²) < 4.78 is 0. The summed E-state index contributed by atoms with van der Waals surface area (Å²) in [6.07, 6.45) is 0. The van der Waals surface area contributed by atoms with E-state index in [-0.39, 0.29) is 0 Å². The maximum Gasteiger partial charge on any atom is 0.370 e. The number of phenolic OH excluding ortho intramolecular Hbond substituents is 1. The Hall–Kier alpha value is -1.97. The standard InChI is InChI=1S/C6H6O.C3H4O3/c7-6-4-2-1-3-5-6;1-2(4)3(5)6/h1-5,7H;4H,1H2,(H,5,6). The van der Waals surface area contributed by atoms with Crippen LogP contribution in [0, 0.1) is 0 Å². The van der Waals surface area contributed by atoms with E-state index in [0.717, 1.165) is 0 Å². The maximum absolute atomic E-state index is 9.35. The Morgan fingerprint density at radius 2 is 1.54 bits per heavy atom. The zero-order chi connectivity index (χ0) is 10.3. The van der Waals surface area contributed by atoms with Gasteiger partial charge < -0.3 is 15.3 Å². The SMILES string of the molecule is C=C(O)C(=O)O.Oc1ccccc1. The molecular weight excluding hydrogens is 172 g/mol. The van der Waals surface area contributed by atoms with Crippen molar-refractivity contribution in [3.05, 3.63) is 42.7 Å². The fourth-order valence-electron chi connectivity index (χ4n) is 0.428. The number of aromatic hydroxyl groups is 1. The van der Waals surface area contributed by atoms with Crippen LogP contribution in [-0.4, -0.2) is 21.3 Å². The highest BCUT2D eigenvalue weighted by molar-refractivity contribution is 5.82. The number of phenols is 1. The molecule has 0 unspecified atom stereocenters. The van der Waals surface area contributed by atoms with Gasteiger partial charge in [0.2, 0.25) is 0 Å². The van der Waals surface area contributed by atoms with Crippen molar-refractivity contribution >= 4 is 5.97 Å². The second-order valence-corrected chi connectivity index (χ2v) is 2.09. The molecule has 3 N–H and O–H groups in total. The van der Waals surface area contributed by atoms with Gasteiger partial charge in [-0.15, -0.1) is 0 Å². The molecule has 0 amide bonds. The average molecular weight is 182 g/mol. The number of hydrogen-bond donors (Lipinski definition) is 3. The fourth-order valence-corrected chi connectivity index (χ4v) is 0.428. The number of aliphatic hydroxyl groups is 1. The van der Waals surface area contributed by atoms with Gasteiger partial charge in [-0.3, -0.25) is 0 Å². The summed E-state index contributed by atoms with van der Waals surface area (Å²) in [5.74, 6) is -1.88. The molecule has 70 valence electrons. The lowest BCUT2D eigenvalue weighted by Gasteiger charge is -1.82. The van der Waals surface area contributed by atoms with Crippen LogP contribution in [0.1, 0.15) is 0 Å². The lowest BCUT2D eigenvalue weighted by atomic mass is 10.3. The molecule has 0 atom stereocenters. The topological polar surface area (TPSA) is 77.8 Å². The number of aliphatic carboxylic acids is 1. The highest BCUT2D eigenvalue weighted by Gasteiger charge is 1.94. The highest BCUT2D eigenvalue weighted by Crippen LogP contribution is 2.02. The number of para-hydroxylation sites is 1. The third kappa shape index (κ3) is 6.43. The van der Waals surface area contributed by atoms with Gasteiger partial charge in [0.05, 0.1) is 0 Å². The molecular formula is C9H10O4. The van der Waals surface area contributed by atoms with E-state index in [1.165, 1.54) is 0 Å². The zero-order valence-electron chi connectivity index (χ0n) is 6.84. The van der Waals surface area contributed by atoms with Gasteiger partial charge in [0.15, 0.2) is 5.76 Å². The van der Waals surface area contributed by atoms with Crippen LogP contribution in [-0.2, 0) is 4.79 Å². The quantitative estimate of drug-likeness (QED) is 0.454. The Morgan fingerprint density at radius 1 is 1.15 bits per heavy atom. The molecule has 4 heteroatoms. The number of carboxylic acids is 1. The van der Waals surface area contributed by atoms with E-state index in [1.54, 1.807) is 24.3 Å². The molecule has 0 aliphatic rings. The van der Waals surface area contributed by atoms with E-state index in [4.69, 9.17) is 15.3 Å². The average Bonchev–Trinajstić information content (AvgIpc) is 2.06. The van der Waals surface area contributed by atoms with Gasteiger partial charge in [-0.2, -0.15) is 0 Å². The largest absolute Gasteiger partial charge is 0.508 e. The van der Waals surface area contributed by atoms with Crippen molar-refractivity contribution in [2.45, 2.75) is 0 Å². The Bertz CT molecular complexity index is 267. The van der Waals surface area contributed by atoms with Crippen LogP contribution in [0.2, 0.25) is 0 Å². The molecule has 0 aliphatic heterocycles. The van der Waals surface area contributed by atoms with Crippen molar-refractivity contribution in [1.29, 1.82) is 0 Å². The lowest BCUT2D eigenvalue weighted by molar-refractivity contribution is -0.135. The molecule has 1 rings (SSSR count). The molecule has 0 saturated carbocycles. The molecule has 1 aromatic carbocycles. The molecule has 13 heavy (non-hydrogen) atoms. The first-order valence-corrected chi connectivity index (χ1v) is 3.39. The van der Waals surface area contributed by atoms with Crippen LogP contribution in [0.5, 0.6) is 5.75 Å². The predicted molar refractivity (Wildman–Crippen MR) is 47.5 cm³/mol. The Labute approximate surface area is 75.4 Å². The van der Waals surface area contributed by atoms with Crippen LogP contribution in [0.15, 0.2) is 42.7 Å². The summed E-state index contributed by atoms with van der Waals surface area (Å²) >= 11 is 0. The number of hydrogen-bond acceptors (Lipinski definition) is 3. The predicted octanol–water partition coefficient (Wildman–Crippen LogP) is 1.53. The monoisotopic (exact) mass is 182 g/mol. The Kier molecular flexibility index (Phi) is 4.79. The summed E-state index contributed by atoms with van der Waals surface area (Å²) in [7, 11) is 0. The van der Waals surface area contributed by atoms with Crippen LogP contribution in [0.3, 0.4) is 0 Å². The minimum atomic E-state index is -1.38. The molecule has 0 aliphatic carbocycles. The van der Waals surface area contributed by atoms with Gasteiger partial charge in [0, 0.05) is 0 Å². The van der Waals surface area contributed by atoms with Gasteiger partial charge in [-0.05, 0) is 18.7 Å². The van der Waals surface area contributed by atoms with Crippen molar-refractivity contribution in [2.24, 2.45) is 0 Å². The van der Waals surface area contributed by atoms with E-state index in [9.17, 15) is 4.79 Å². The van der Waals surface area contributed by atoms with Crippen molar-refractivity contribution in [2.75, 3.05) is 0 Å². The van der Waals surface area contributed by atoms with E-state index in [1.807, 2.05) is 6.07 Å². The van der Waals surface area contributed by atoms with E-state index in [0.29, 0.717) is 5.75 Å². The zero-order valence-corrected chi connectivity index (χ0v) is 6.84. The molecule has 0 spiro atoms. The fraction of sp³-hybridized carbons (Fsp3) is 0. The lowest BCUT2D eigenvalue weighted by Crippen LogP contribution is -1.95. The second kappa shape index (κ2) is 5.65. The first kappa shape index (κ1) is 11.0. The molecule has 0 bridgehead atoms. The normalized spacial score (nSPS) is 8.00. The van der Waals surface area contributed by atoms with Gasteiger partial charge in [0.1, 0.15) is 5.75 Å². The van der Waals surface area contributed by atoms with Crippen molar-refractivity contribution in [3.63, 3.8) is 0 Å². The Morgan fingerprint density at radius 3 is 1.69 bits per heavy atom. The van der Waals surface area contributed by atoms with Crippen molar-refractivity contribution in [1.82, 2.24) is 0 Å². The number of carbonyl (C=O) groups is 1. The number of rotatable bonds is 1. The summed E-state index contributed by atoms with van der Waals surface area (Å²) in [5.41, 5.74) is 0. The molecule has 0 radical (unpaired) electrons. The first-order valence-electron chi connectivity index (χ1n) is 3.39. The third-order valence-corrected chi connectivity index (χ3v) is 1.00. The van der Waals surface area contributed by atoms with Gasteiger partial charge in [-0.25, -0.2) is 4.79 Å². The smallest absolute Gasteiger partial charge is 0.370 e. The van der Waals surface area contributed by atoms with Gasteiger partial charge >= 0.3 is 5.97 Å². The first-order chi connectivity index (χ1) is 6.04. The van der Waals surface area contributed by atoms with Crippen molar-refractivity contribution < 1.29 is 20.1 Å². The van der Waals surface area contributed by atoms with Crippen LogP contribution in [0.25, 0.3) is 0 Å². The highest BCUT2D eigenvalue weighted by atomic mass is 16.4. The number of carboxylic acid groups (broad SMARTS) is 1. The third-order valence-electron chi connectivity index (χ3n) is 1.00. The molecule has 0 fully saturated rings. The molecule has 4 nitrogen and oxygen atoms in total. The summed E-state index contributed by atoms with van der Waals surface area (Å²) in [6.45, 7) is 2.71. The number of benzene rings is 1. The Balaban J connectivity index is 0.000000226. The van der Waals surface area contributed by atoms with Gasteiger partial charge in [-0.1, -0.05) is 18.2 Å². The summed E-state index contributed by atoms with van der Waals surface area (Å²) in [4.78, 5) is 9.35. The molecule has 0 aromatic heterocycles. The minimum Gasteiger partial charge on any atom is -0.508 e. The summed E-state index contributed by atoms with van der Waals surface area (Å²) in [5, 5.41) is 24.1. The van der Waals surface area contributed by atoms with E-state index < -0.39 is 11.7 Å². The second-order valence-electron chi connectivity index (χ2n) is 2.09. The van der Waals surface area contributed by atoms with Crippen LogP contribution >= 0.6 is 0 Å². The van der Waals surface area contributed by atoms with Crippen LogP contribution < -0.4 is 0 Å². The minimum absolute atomic E-state index is 0.322. The molecule has 1 aromatic rings. The van der Waals surface area contributed by atoms with Crippen LogP contribution in [0.4, 0.5) is 0 Å². The van der Waals surface area contributed by atoms with E-state index in [2.05, 4.69) is 6.58 Å². The molecule has 0 saturated heterocycles.